The van der Waals surface area contributed by atoms with Gasteiger partial charge < -0.3 is 14.4 Å². The molecule has 0 unspecified atom stereocenters. The number of likely N-dealkylation sites (tertiary alicyclic amines) is 1. The fourth-order valence-electron chi connectivity index (χ4n) is 4.11. The molecule has 10 heteroatoms. The molecular formula is C24H24FN3O5S. The first-order chi connectivity index (χ1) is 16.4. The quantitative estimate of drug-likeness (QED) is 0.334. The lowest BCUT2D eigenvalue weighted by Gasteiger charge is -2.32. The standard InChI is InChI=1S/C24H24FN3O5S/c1-32-22-11-20(21(28(30)31)12-23(22)33-13-19-14-34-15-26-19)24(29)27-7-5-16(6-8-27)9-17-3-2-4-18(25)10-17/h2-4,10-12,14-16H,5-9,13H2,1H3. The van der Waals surface area contributed by atoms with Crippen LogP contribution in [0.4, 0.5) is 10.1 Å². The molecule has 8 nitrogen and oxygen atoms in total. The van der Waals surface area contributed by atoms with E-state index >= 15 is 0 Å². The third-order valence-corrected chi connectivity index (χ3v) is 6.52. The van der Waals surface area contributed by atoms with E-state index in [0.717, 1.165) is 24.8 Å². The van der Waals surface area contributed by atoms with E-state index in [1.165, 1.54) is 42.7 Å². The fourth-order valence-corrected chi connectivity index (χ4v) is 4.66. The number of nitro groups is 1. The number of thiazole rings is 1. The van der Waals surface area contributed by atoms with Gasteiger partial charge in [-0.15, -0.1) is 11.3 Å². The van der Waals surface area contributed by atoms with E-state index in [2.05, 4.69) is 4.98 Å². The molecule has 2 aromatic carbocycles. The molecule has 4 rings (SSSR count). The summed E-state index contributed by atoms with van der Waals surface area (Å²) in [5.41, 5.74) is 2.92. The number of methoxy groups -OCH3 is 1. The molecule has 2 heterocycles. The van der Waals surface area contributed by atoms with Crippen LogP contribution < -0.4 is 9.47 Å². The lowest BCUT2D eigenvalue weighted by Crippen LogP contribution is -2.39. The van der Waals surface area contributed by atoms with E-state index in [4.69, 9.17) is 9.47 Å². The summed E-state index contributed by atoms with van der Waals surface area (Å²) in [6.45, 7) is 1.07. The van der Waals surface area contributed by atoms with Gasteiger partial charge in [0, 0.05) is 24.5 Å². The largest absolute Gasteiger partial charge is 0.493 e. The molecule has 0 spiro atoms. The number of benzene rings is 2. The molecule has 0 aliphatic carbocycles. The van der Waals surface area contributed by atoms with Crippen molar-refractivity contribution in [3.8, 4) is 11.5 Å². The van der Waals surface area contributed by atoms with Crippen molar-refractivity contribution in [1.29, 1.82) is 0 Å². The van der Waals surface area contributed by atoms with Gasteiger partial charge in [-0.25, -0.2) is 9.37 Å². The summed E-state index contributed by atoms with van der Waals surface area (Å²) in [5.74, 6) is 0.0558. The molecule has 0 bridgehead atoms. The number of aromatic nitrogens is 1. The molecule has 1 aliphatic heterocycles. The van der Waals surface area contributed by atoms with Crippen LogP contribution in [0.15, 0.2) is 47.3 Å². The summed E-state index contributed by atoms with van der Waals surface area (Å²) in [4.78, 5) is 30.2. The predicted molar refractivity (Wildman–Crippen MR) is 125 cm³/mol. The highest BCUT2D eigenvalue weighted by molar-refractivity contribution is 7.07. The van der Waals surface area contributed by atoms with Gasteiger partial charge in [0.25, 0.3) is 11.6 Å². The van der Waals surface area contributed by atoms with Gasteiger partial charge in [0.15, 0.2) is 11.5 Å². The summed E-state index contributed by atoms with van der Waals surface area (Å²) >= 11 is 1.42. The summed E-state index contributed by atoms with van der Waals surface area (Å²) in [6, 6.07) is 9.14. The van der Waals surface area contributed by atoms with E-state index in [9.17, 15) is 19.3 Å². The van der Waals surface area contributed by atoms with Crippen LogP contribution in [-0.4, -0.2) is 40.9 Å². The summed E-state index contributed by atoms with van der Waals surface area (Å²) < 4.78 is 24.5. The van der Waals surface area contributed by atoms with Crippen molar-refractivity contribution < 1.29 is 23.6 Å². The minimum atomic E-state index is -0.584. The lowest BCUT2D eigenvalue weighted by atomic mass is 9.90. The third-order valence-electron chi connectivity index (χ3n) is 5.88. The molecule has 178 valence electrons. The van der Waals surface area contributed by atoms with Crippen molar-refractivity contribution >= 4 is 22.9 Å². The van der Waals surface area contributed by atoms with Crippen molar-refractivity contribution in [2.45, 2.75) is 25.9 Å². The fraction of sp³-hybridized carbons (Fsp3) is 0.333. The molecule has 3 aromatic rings. The van der Waals surface area contributed by atoms with Crippen LogP contribution in [0.25, 0.3) is 0 Å². The molecule has 34 heavy (non-hydrogen) atoms. The Hall–Kier alpha value is -3.53. The number of amides is 1. The van der Waals surface area contributed by atoms with E-state index in [1.807, 2.05) is 11.4 Å². The second-order valence-corrected chi connectivity index (χ2v) is 8.83. The van der Waals surface area contributed by atoms with Crippen LogP contribution in [0.3, 0.4) is 0 Å². The molecule has 1 amide bonds. The Balaban J connectivity index is 1.47. The summed E-state index contributed by atoms with van der Waals surface area (Å²) in [6.07, 6.45) is 2.21. The number of ether oxygens (including phenoxy) is 2. The molecular weight excluding hydrogens is 461 g/mol. The smallest absolute Gasteiger partial charge is 0.286 e. The van der Waals surface area contributed by atoms with Crippen LogP contribution >= 0.6 is 11.3 Å². The maximum atomic E-state index is 13.5. The Morgan fingerprint density at radius 3 is 2.71 bits per heavy atom. The number of piperidine rings is 1. The van der Waals surface area contributed by atoms with Gasteiger partial charge in [-0.2, -0.15) is 0 Å². The Morgan fingerprint density at radius 2 is 2.06 bits per heavy atom. The van der Waals surface area contributed by atoms with Crippen molar-refractivity contribution in [2.24, 2.45) is 5.92 Å². The second-order valence-electron chi connectivity index (χ2n) is 8.12. The number of carbonyl (C=O) groups is 1. The molecule has 0 radical (unpaired) electrons. The average molecular weight is 486 g/mol. The molecule has 1 fully saturated rings. The van der Waals surface area contributed by atoms with Crippen LogP contribution in [0, 0.1) is 21.8 Å². The number of carbonyl (C=O) groups excluding carboxylic acids is 1. The monoisotopic (exact) mass is 485 g/mol. The van der Waals surface area contributed by atoms with Crippen LogP contribution in [0.2, 0.25) is 0 Å². The molecule has 1 aromatic heterocycles. The first-order valence-electron chi connectivity index (χ1n) is 10.8. The predicted octanol–water partition coefficient (Wildman–Crippen LogP) is 4.87. The number of rotatable bonds is 8. The van der Waals surface area contributed by atoms with Gasteiger partial charge in [-0.1, -0.05) is 12.1 Å². The number of nitro benzene ring substituents is 1. The molecule has 1 aliphatic rings. The first-order valence-corrected chi connectivity index (χ1v) is 11.8. The Morgan fingerprint density at radius 1 is 1.26 bits per heavy atom. The molecule has 0 atom stereocenters. The van der Waals surface area contributed by atoms with Gasteiger partial charge >= 0.3 is 0 Å². The van der Waals surface area contributed by atoms with Gasteiger partial charge in [-0.05, 0) is 42.9 Å². The molecule has 1 saturated heterocycles. The Bertz CT molecular complexity index is 1160. The van der Waals surface area contributed by atoms with Gasteiger partial charge in [0.1, 0.15) is 18.0 Å². The Labute approximate surface area is 200 Å². The van der Waals surface area contributed by atoms with Crippen molar-refractivity contribution in [2.75, 3.05) is 20.2 Å². The van der Waals surface area contributed by atoms with E-state index in [0.29, 0.717) is 24.7 Å². The number of hydrogen-bond acceptors (Lipinski definition) is 7. The van der Waals surface area contributed by atoms with Crippen molar-refractivity contribution in [3.05, 3.63) is 80.0 Å². The van der Waals surface area contributed by atoms with E-state index in [-0.39, 0.29) is 35.2 Å². The van der Waals surface area contributed by atoms with Crippen molar-refractivity contribution in [1.82, 2.24) is 9.88 Å². The topological polar surface area (TPSA) is 94.8 Å². The average Bonchev–Trinajstić information content (AvgIpc) is 3.36. The minimum absolute atomic E-state index is 0.0357. The first kappa shape index (κ1) is 23.6. The summed E-state index contributed by atoms with van der Waals surface area (Å²) in [7, 11) is 1.42. The highest BCUT2D eigenvalue weighted by atomic mass is 32.1. The normalized spacial score (nSPS) is 14.1. The zero-order chi connectivity index (χ0) is 24.1. The number of nitrogens with zero attached hydrogens (tertiary/aromatic N) is 3. The molecule has 0 N–H and O–H groups in total. The maximum absolute atomic E-state index is 13.5. The zero-order valence-corrected chi connectivity index (χ0v) is 19.4. The van der Waals surface area contributed by atoms with Crippen LogP contribution in [0.5, 0.6) is 11.5 Å². The SMILES string of the molecule is COc1cc(C(=O)N2CCC(Cc3cccc(F)c3)CC2)c([N+](=O)[O-])cc1OCc1cscn1. The Kier molecular flexibility index (Phi) is 7.36. The molecule has 0 saturated carbocycles. The van der Waals surface area contributed by atoms with Gasteiger partial charge in [-0.3, -0.25) is 14.9 Å². The van der Waals surface area contributed by atoms with Gasteiger partial charge in [0.2, 0.25) is 0 Å². The summed E-state index contributed by atoms with van der Waals surface area (Å²) in [5, 5.41) is 13.6. The van der Waals surface area contributed by atoms with E-state index in [1.54, 1.807) is 16.5 Å². The lowest BCUT2D eigenvalue weighted by molar-refractivity contribution is -0.385. The maximum Gasteiger partial charge on any atom is 0.286 e. The number of hydrogen-bond donors (Lipinski definition) is 0. The number of halogens is 1. The van der Waals surface area contributed by atoms with E-state index < -0.39 is 10.8 Å². The van der Waals surface area contributed by atoms with Crippen LogP contribution in [0.1, 0.15) is 34.5 Å². The highest BCUT2D eigenvalue weighted by Crippen LogP contribution is 2.36. The van der Waals surface area contributed by atoms with Gasteiger partial charge in [0.05, 0.1) is 29.3 Å². The van der Waals surface area contributed by atoms with Crippen molar-refractivity contribution in [3.63, 3.8) is 0 Å². The highest BCUT2D eigenvalue weighted by Gasteiger charge is 2.30. The second kappa shape index (κ2) is 10.6. The zero-order valence-electron chi connectivity index (χ0n) is 18.6. The minimum Gasteiger partial charge on any atom is -0.493 e. The van der Waals surface area contributed by atoms with Crippen LogP contribution in [-0.2, 0) is 13.0 Å². The third kappa shape index (κ3) is 5.51.